The van der Waals surface area contributed by atoms with Gasteiger partial charge >= 0.3 is 0 Å². The average Bonchev–Trinajstić information content (AvgIpc) is 3.38. The van der Waals surface area contributed by atoms with E-state index in [1.54, 1.807) is 11.3 Å². The first kappa shape index (κ1) is 16.0. The number of rotatable bonds is 5. The monoisotopic (exact) mass is 358 g/mol. The van der Waals surface area contributed by atoms with Crippen molar-refractivity contribution in [3.63, 3.8) is 0 Å². The van der Waals surface area contributed by atoms with Gasteiger partial charge in [0.25, 0.3) is 0 Å². The normalized spacial score (nSPS) is 17.3. The Balaban J connectivity index is 1.38. The van der Waals surface area contributed by atoms with Crippen LogP contribution in [0.1, 0.15) is 42.6 Å². The number of hydrogen-bond acceptors (Lipinski definition) is 7. The Hall–Kier alpha value is -2.48. The van der Waals surface area contributed by atoms with Gasteiger partial charge in [-0.3, -0.25) is 4.79 Å². The fourth-order valence-corrected chi connectivity index (χ4v) is 3.75. The molecule has 3 aromatic rings. The third-order valence-electron chi connectivity index (χ3n) is 4.34. The molecule has 0 unspecified atom stereocenters. The minimum Gasteiger partial charge on any atom is -0.421 e. The Kier molecular flexibility index (Phi) is 4.35. The second-order valence-electron chi connectivity index (χ2n) is 6.13. The van der Waals surface area contributed by atoms with Crippen molar-refractivity contribution in [3.8, 4) is 11.5 Å². The van der Waals surface area contributed by atoms with Crippen molar-refractivity contribution in [2.24, 2.45) is 0 Å². The number of nitrogens with zero attached hydrogens (tertiary/aromatic N) is 4. The van der Waals surface area contributed by atoms with Crippen molar-refractivity contribution in [1.29, 1.82) is 0 Å². The molecule has 1 amide bonds. The average molecular weight is 358 g/mol. The summed E-state index contributed by atoms with van der Waals surface area (Å²) in [4.78, 5) is 14.5. The van der Waals surface area contributed by atoms with E-state index < -0.39 is 0 Å². The van der Waals surface area contributed by atoms with Crippen LogP contribution in [0.2, 0.25) is 0 Å². The first-order chi connectivity index (χ1) is 12.2. The van der Waals surface area contributed by atoms with Gasteiger partial charge in [-0.1, -0.05) is 5.16 Å². The molecule has 0 saturated carbocycles. The minimum atomic E-state index is -0.0160. The van der Waals surface area contributed by atoms with Gasteiger partial charge in [0.1, 0.15) is 0 Å². The number of aromatic nitrogens is 3. The standard InChI is InChI=1S/C17H18N4O3S/c1-11-9-14(24-20-11)13-3-2-7-21(13)16(22)5-4-15-18-19-17(23-15)12-6-8-25-10-12/h6,8-10,13H,2-5,7H2,1H3/t13-/m1/s1. The van der Waals surface area contributed by atoms with E-state index in [2.05, 4.69) is 15.4 Å². The molecule has 0 bridgehead atoms. The molecule has 7 nitrogen and oxygen atoms in total. The van der Waals surface area contributed by atoms with E-state index in [-0.39, 0.29) is 11.9 Å². The van der Waals surface area contributed by atoms with Gasteiger partial charge in [0.05, 0.1) is 11.7 Å². The van der Waals surface area contributed by atoms with Crippen LogP contribution in [0.3, 0.4) is 0 Å². The molecule has 0 aliphatic carbocycles. The van der Waals surface area contributed by atoms with Crippen LogP contribution in [0.15, 0.2) is 31.8 Å². The molecule has 25 heavy (non-hydrogen) atoms. The van der Waals surface area contributed by atoms with E-state index in [9.17, 15) is 4.79 Å². The zero-order chi connectivity index (χ0) is 17.2. The molecule has 1 fully saturated rings. The summed E-state index contributed by atoms with van der Waals surface area (Å²) in [5.74, 6) is 1.83. The maximum atomic E-state index is 12.6. The quantitative estimate of drug-likeness (QED) is 0.695. The number of aryl methyl sites for hydroxylation is 2. The van der Waals surface area contributed by atoms with Crippen molar-refractivity contribution in [3.05, 3.63) is 40.2 Å². The minimum absolute atomic E-state index is 0.0160. The van der Waals surface area contributed by atoms with Crippen LogP contribution in [0, 0.1) is 6.92 Å². The van der Waals surface area contributed by atoms with Gasteiger partial charge in [0.15, 0.2) is 5.76 Å². The Bertz CT molecular complexity index is 855. The van der Waals surface area contributed by atoms with Gasteiger partial charge < -0.3 is 13.8 Å². The van der Waals surface area contributed by atoms with E-state index >= 15 is 0 Å². The van der Waals surface area contributed by atoms with E-state index in [0.29, 0.717) is 24.6 Å². The van der Waals surface area contributed by atoms with Crippen molar-refractivity contribution in [2.75, 3.05) is 6.54 Å². The van der Waals surface area contributed by atoms with E-state index in [0.717, 1.165) is 36.4 Å². The maximum absolute atomic E-state index is 12.6. The van der Waals surface area contributed by atoms with Crippen LogP contribution in [0.4, 0.5) is 0 Å². The van der Waals surface area contributed by atoms with Crippen molar-refractivity contribution >= 4 is 17.2 Å². The Morgan fingerprint density at radius 1 is 1.44 bits per heavy atom. The molecule has 0 aromatic carbocycles. The maximum Gasteiger partial charge on any atom is 0.248 e. The van der Waals surface area contributed by atoms with E-state index in [1.807, 2.05) is 34.7 Å². The topological polar surface area (TPSA) is 85.3 Å². The lowest BCUT2D eigenvalue weighted by molar-refractivity contribution is -0.132. The van der Waals surface area contributed by atoms with Gasteiger partial charge in [-0.25, -0.2) is 0 Å². The zero-order valence-electron chi connectivity index (χ0n) is 13.8. The van der Waals surface area contributed by atoms with Gasteiger partial charge in [0.2, 0.25) is 17.7 Å². The van der Waals surface area contributed by atoms with Crippen LogP contribution >= 0.6 is 11.3 Å². The van der Waals surface area contributed by atoms with Gasteiger partial charge in [-0.15, -0.1) is 10.2 Å². The van der Waals surface area contributed by atoms with Crippen molar-refractivity contribution < 1.29 is 13.7 Å². The van der Waals surface area contributed by atoms with Crippen LogP contribution in [-0.2, 0) is 11.2 Å². The van der Waals surface area contributed by atoms with Crippen molar-refractivity contribution in [1.82, 2.24) is 20.3 Å². The number of carbonyl (C=O) groups is 1. The lowest BCUT2D eigenvalue weighted by Gasteiger charge is -2.22. The van der Waals surface area contributed by atoms with E-state index in [1.165, 1.54) is 0 Å². The molecule has 4 rings (SSSR count). The summed E-state index contributed by atoms with van der Waals surface area (Å²) in [6.07, 6.45) is 2.66. The first-order valence-electron chi connectivity index (χ1n) is 8.28. The molecule has 8 heteroatoms. The smallest absolute Gasteiger partial charge is 0.248 e. The Morgan fingerprint density at radius 3 is 3.12 bits per heavy atom. The molecule has 1 aliphatic rings. The highest BCUT2D eigenvalue weighted by Crippen LogP contribution is 2.33. The second kappa shape index (κ2) is 6.79. The molecule has 130 valence electrons. The van der Waals surface area contributed by atoms with Crippen LogP contribution < -0.4 is 0 Å². The summed E-state index contributed by atoms with van der Waals surface area (Å²) in [6, 6.07) is 3.82. The number of hydrogen-bond donors (Lipinski definition) is 0. The molecule has 1 saturated heterocycles. The fraction of sp³-hybridized carbons (Fsp3) is 0.412. The molecule has 1 atom stereocenters. The Labute approximate surface area is 148 Å². The SMILES string of the molecule is Cc1cc([C@H]2CCCN2C(=O)CCc2nnc(-c3ccsc3)o2)on1. The highest BCUT2D eigenvalue weighted by Gasteiger charge is 2.32. The number of likely N-dealkylation sites (tertiary alicyclic amines) is 1. The van der Waals surface area contributed by atoms with Crippen LogP contribution in [0.25, 0.3) is 11.5 Å². The van der Waals surface area contributed by atoms with Gasteiger partial charge in [-0.2, -0.15) is 11.3 Å². The summed E-state index contributed by atoms with van der Waals surface area (Å²) >= 11 is 1.58. The summed E-state index contributed by atoms with van der Waals surface area (Å²) in [6.45, 7) is 2.63. The largest absolute Gasteiger partial charge is 0.421 e. The number of thiophene rings is 1. The highest BCUT2D eigenvalue weighted by molar-refractivity contribution is 7.08. The molecule has 4 heterocycles. The third-order valence-corrected chi connectivity index (χ3v) is 5.02. The van der Waals surface area contributed by atoms with Crippen LogP contribution in [0.5, 0.6) is 0 Å². The predicted molar refractivity (Wildman–Crippen MR) is 90.9 cm³/mol. The molecular weight excluding hydrogens is 340 g/mol. The number of carbonyl (C=O) groups excluding carboxylic acids is 1. The lowest BCUT2D eigenvalue weighted by Crippen LogP contribution is -2.30. The van der Waals surface area contributed by atoms with Crippen molar-refractivity contribution in [2.45, 2.75) is 38.6 Å². The molecule has 0 radical (unpaired) electrons. The summed E-state index contributed by atoms with van der Waals surface area (Å²) in [5.41, 5.74) is 1.75. The highest BCUT2D eigenvalue weighted by atomic mass is 32.1. The fourth-order valence-electron chi connectivity index (χ4n) is 3.12. The molecule has 1 aliphatic heterocycles. The summed E-state index contributed by atoms with van der Waals surface area (Å²) in [5, 5.41) is 15.9. The van der Waals surface area contributed by atoms with Gasteiger partial charge in [-0.05, 0) is 31.2 Å². The van der Waals surface area contributed by atoms with Gasteiger partial charge in [0, 0.05) is 36.4 Å². The lowest BCUT2D eigenvalue weighted by atomic mass is 10.1. The zero-order valence-corrected chi connectivity index (χ0v) is 14.7. The molecule has 3 aromatic heterocycles. The summed E-state index contributed by atoms with van der Waals surface area (Å²) < 4.78 is 11.0. The molecule has 0 N–H and O–H groups in total. The third kappa shape index (κ3) is 3.34. The number of amides is 1. The molecule has 0 spiro atoms. The predicted octanol–water partition coefficient (Wildman–Crippen LogP) is 3.39. The first-order valence-corrected chi connectivity index (χ1v) is 9.22. The second-order valence-corrected chi connectivity index (χ2v) is 6.91. The van der Waals surface area contributed by atoms with Crippen LogP contribution in [-0.4, -0.2) is 32.7 Å². The Morgan fingerprint density at radius 2 is 2.36 bits per heavy atom. The molecular formula is C17H18N4O3S. The van der Waals surface area contributed by atoms with E-state index in [4.69, 9.17) is 8.94 Å². The summed E-state index contributed by atoms with van der Waals surface area (Å²) in [7, 11) is 0.